The van der Waals surface area contributed by atoms with Gasteiger partial charge in [0, 0.05) is 12.2 Å². The number of benzene rings is 2. The summed E-state index contributed by atoms with van der Waals surface area (Å²) >= 11 is 0. The molecule has 8 nitrogen and oxygen atoms in total. The molecular weight excluding hydrogens is 454 g/mol. The predicted molar refractivity (Wildman–Crippen MR) is 141 cm³/mol. The standard InChI is InChI=1S/C28H35N5O3/c1-18(2)25(32-28(35)36-3)27(34)33-16-6-4-5-7-24(33)26-30-17-23(31-26)21-10-8-19(9-11-21)20-12-14-22(29)15-13-20/h8-15,17-18,24-25H,4-7,16,29H2,1-3H3,(H,30,31)(H,32,35)/t24-,25-/m0/s1. The van der Waals surface area contributed by atoms with Crippen LogP contribution in [0.25, 0.3) is 22.4 Å². The lowest BCUT2D eigenvalue weighted by Gasteiger charge is -2.33. The molecule has 1 saturated heterocycles. The molecule has 0 spiro atoms. The zero-order chi connectivity index (χ0) is 25.7. The largest absolute Gasteiger partial charge is 0.453 e. The van der Waals surface area contributed by atoms with Crippen molar-refractivity contribution < 1.29 is 14.3 Å². The number of alkyl carbamates (subject to hydrolysis) is 1. The van der Waals surface area contributed by atoms with Gasteiger partial charge in [0.05, 0.1) is 25.0 Å². The lowest BCUT2D eigenvalue weighted by molar-refractivity contribution is -0.137. The summed E-state index contributed by atoms with van der Waals surface area (Å²) in [6, 6.07) is 15.3. The van der Waals surface area contributed by atoms with Crippen LogP contribution in [0.1, 0.15) is 51.4 Å². The van der Waals surface area contributed by atoms with Crippen molar-refractivity contribution in [2.75, 3.05) is 19.4 Å². The minimum Gasteiger partial charge on any atom is -0.453 e. The molecule has 4 rings (SSSR count). The summed E-state index contributed by atoms with van der Waals surface area (Å²) in [5, 5.41) is 2.72. The van der Waals surface area contributed by atoms with Crippen molar-refractivity contribution in [3.63, 3.8) is 0 Å². The van der Waals surface area contributed by atoms with Gasteiger partial charge in [0.25, 0.3) is 0 Å². The monoisotopic (exact) mass is 489 g/mol. The number of H-pyrrole nitrogens is 1. The summed E-state index contributed by atoms with van der Waals surface area (Å²) in [6.45, 7) is 4.47. The smallest absolute Gasteiger partial charge is 0.407 e. The molecule has 4 N–H and O–H groups in total. The molecule has 1 aliphatic rings. The number of carbonyl (C=O) groups excluding carboxylic acids is 2. The van der Waals surface area contributed by atoms with Gasteiger partial charge in [0.15, 0.2) is 0 Å². The number of imidazole rings is 1. The average molecular weight is 490 g/mol. The average Bonchev–Trinajstić information content (AvgIpc) is 3.24. The van der Waals surface area contributed by atoms with Gasteiger partial charge in [-0.1, -0.05) is 63.1 Å². The van der Waals surface area contributed by atoms with E-state index in [-0.39, 0.29) is 17.9 Å². The molecule has 0 bridgehead atoms. The van der Waals surface area contributed by atoms with Crippen molar-refractivity contribution in [1.82, 2.24) is 20.2 Å². The van der Waals surface area contributed by atoms with Crippen LogP contribution in [0.2, 0.25) is 0 Å². The number of amides is 2. The number of methoxy groups -OCH3 is 1. The number of nitrogen functional groups attached to an aromatic ring is 1. The van der Waals surface area contributed by atoms with E-state index >= 15 is 0 Å². The SMILES string of the molecule is COC(=O)N[C@H](C(=O)N1CCCCC[C@H]1c1ncc(-c2ccc(-c3ccc(N)cc3)cc2)[nH]1)C(C)C. The third kappa shape index (κ3) is 5.70. The molecule has 190 valence electrons. The molecule has 2 amide bonds. The van der Waals surface area contributed by atoms with Gasteiger partial charge in [-0.15, -0.1) is 0 Å². The molecule has 36 heavy (non-hydrogen) atoms. The maximum absolute atomic E-state index is 13.6. The Kier molecular flexibility index (Phi) is 7.93. The van der Waals surface area contributed by atoms with Crippen LogP contribution < -0.4 is 11.1 Å². The van der Waals surface area contributed by atoms with Crippen molar-refractivity contribution in [2.45, 2.75) is 51.6 Å². The number of ether oxygens (including phenoxy) is 1. The first-order chi connectivity index (χ1) is 17.4. The molecule has 1 aromatic heterocycles. The van der Waals surface area contributed by atoms with Crippen LogP contribution in [0, 0.1) is 5.92 Å². The van der Waals surface area contributed by atoms with Crippen LogP contribution >= 0.6 is 0 Å². The second kappa shape index (κ2) is 11.3. The highest BCUT2D eigenvalue weighted by Gasteiger charge is 2.35. The Labute approximate surface area is 212 Å². The number of nitrogens with one attached hydrogen (secondary N) is 2. The van der Waals surface area contributed by atoms with E-state index in [1.54, 1.807) is 0 Å². The molecule has 1 aliphatic heterocycles. The molecule has 2 atom stereocenters. The molecular formula is C28H35N5O3. The molecule has 3 aromatic rings. The van der Waals surface area contributed by atoms with E-state index in [1.165, 1.54) is 7.11 Å². The number of likely N-dealkylation sites (tertiary alicyclic amines) is 1. The van der Waals surface area contributed by atoms with E-state index in [2.05, 4.69) is 39.6 Å². The number of anilines is 1. The number of rotatable bonds is 6. The Morgan fingerprint density at radius 2 is 1.67 bits per heavy atom. The number of aromatic amines is 1. The van der Waals surface area contributed by atoms with E-state index in [9.17, 15) is 9.59 Å². The maximum Gasteiger partial charge on any atom is 0.407 e. The molecule has 0 unspecified atom stereocenters. The third-order valence-electron chi connectivity index (χ3n) is 6.78. The molecule has 8 heteroatoms. The van der Waals surface area contributed by atoms with Crippen molar-refractivity contribution in [2.24, 2.45) is 5.92 Å². The second-order valence-corrected chi connectivity index (χ2v) is 9.64. The van der Waals surface area contributed by atoms with Gasteiger partial charge in [-0.25, -0.2) is 9.78 Å². The summed E-state index contributed by atoms with van der Waals surface area (Å²) in [5.41, 5.74) is 10.7. The van der Waals surface area contributed by atoms with Gasteiger partial charge in [-0.05, 0) is 47.6 Å². The molecule has 0 saturated carbocycles. The van der Waals surface area contributed by atoms with Gasteiger partial charge >= 0.3 is 6.09 Å². The Morgan fingerprint density at radius 1 is 1.03 bits per heavy atom. The fraction of sp³-hybridized carbons (Fsp3) is 0.393. The van der Waals surface area contributed by atoms with Crippen molar-refractivity contribution in [3.05, 3.63) is 60.6 Å². The highest BCUT2D eigenvalue weighted by Crippen LogP contribution is 2.32. The van der Waals surface area contributed by atoms with Gasteiger partial charge in [0.2, 0.25) is 5.91 Å². The zero-order valence-electron chi connectivity index (χ0n) is 21.2. The molecule has 2 aromatic carbocycles. The van der Waals surface area contributed by atoms with Crippen LogP contribution in [-0.2, 0) is 9.53 Å². The molecule has 1 fully saturated rings. The van der Waals surface area contributed by atoms with E-state index < -0.39 is 12.1 Å². The minimum absolute atomic E-state index is 0.0766. The minimum atomic E-state index is -0.659. The van der Waals surface area contributed by atoms with E-state index in [0.29, 0.717) is 6.54 Å². The summed E-state index contributed by atoms with van der Waals surface area (Å²) in [5.74, 6) is 0.587. The summed E-state index contributed by atoms with van der Waals surface area (Å²) in [7, 11) is 1.30. The van der Waals surface area contributed by atoms with Crippen molar-refractivity contribution in [1.29, 1.82) is 0 Å². The van der Waals surface area contributed by atoms with Crippen molar-refractivity contribution >= 4 is 17.7 Å². The quantitative estimate of drug-likeness (QED) is 0.415. The number of carbonyl (C=O) groups is 2. The molecule has 2 heterocycles. The summed E-state index contributed by atoms with van der Waals surface area (Å²) in [4.78, 5) is 35.5. The third-order valence-corrected chi connectivity index (χ3v) is 6.78. The maximum atomic E-state index is 13.6. The first kappa shape index (κ1) is 25.3. The van der Waals surface area contributed by atoms with E-state index in [1.807, 2.05) is 49.2 Å². The number of nitrogens with zero attached hydrogens (tertiary/aromatic N) is 2. The Hall–Kier alpha value is -3.81. The van der Waals surface area contributed by atoms with Gasteiger partial charge in [-0.3, -0.25) is 4.79 Å². The second-order valence-electron chi connectivity index (χ2n) is 9.64. The van der Waals surface area contributed by atoms with Crippen LogP contribution in [-0.4, -0.2) is 46.6 Å². The fourth-order valence-corrected chi connectivity index (χ4v) is 4.70. The molecule has 0 radical (unpaired) electrons. The zero-order valence-corrected chi connectivity index (χ0v) is 21.2. The lowest BCUT2D eigenvalue weighted by atomic mass is 10.0. The number of hydrogen-bond donors (Lipinski definition) is 3. The van der Waals surface area contributed by atoms with Crippen molar-refractivity contribution in [3.8, 4) is 22.4 Å². The topological polar surface area (TPSA) is 113 Å². The Balaban J connectivity index is 1.56. The summed E-state index contributed by atoms with van der Waals surface area (Å²) in [6.07, 6.45) is 5.03. The van der Waals surface area contributed by atoms with Gasteiger partial charge in [0.1, 0.15) is 11.9 Å². The highest BCUT2D eigenvalue weighted by molar-refractivity contribution is 5.86. The first-order valence-corrected chi connectivity index (χ1v) is 12.5. The van der Waals surface area contributed by atoms with Crippen LogP contribution in [0.5, 0.6) is 0 Å². The Bertz CT molecular complexity index is 1170. The highest BCUT2D eigenvalue weighted by atomic mass is 16.5. The van der Waals surface area contributed by atoms with Gasteiger partial charge < -0.3 is 25.7 Å². The lowest BCUT2D eigenvalue weighted by Crippen LogP contribution is -2.52. The molecule has 0 aliphatic carbocycles. The van der Waals surface area contributed by atoms with Crippen LogP contribution in [0.3, 0.4) is 0 Å². The number of nitrogens with two attached hydrogens (primary N) is 1. The Morgan fingerprint density at radius 3 is 2.31 bits per heavy atom. The van der Waals surface area contributed by atoms with E-state index in [0.717, 1.165) is 59.6 Å². The normalized spacial score (nSPS) is 16.9. The van der Waals surface area contributed by atoms with Crippen LogP contribution in [0.15, 0.2) is 54.7 Å². The number of hydrogen-bond acceptors (Lipinski definition) is 5. The first-order valence-electron chi connectivity index (χ1n) is 12.5. The predicted octanol–water partition coefficient (Wildman–Crippen LogP) is 5.15. The fourth-order valence-electron chi connectivity index (χ4n) is 4.70. The van der Waals surface area contributed by atoms with Gasteiger partial charge in [-0.2, -0.15) is 0 Å². The number of aromatic nitrogens is 2. The van der Waals surface area contributed by atoms with E-state index in [4.69, 9.17) is 10.5 Å². The summed E-state index contributed by atoms with van der Waals surface area (Å²) < 4.78 is 4.75. The van der Waals surface area contributed by atoms with Crippen LogP contribution in [0.4, 0.5) is 10.5 Å².